The summed E-state index contributed by atoms with van der Waals surface area (Å²) in [5.41, 5.74) is 0.843. The summed E-state index contributed by atoms with van der Waals surface area (Å²) in [5, 5.41) is 2.93. The molecule has 0 fully saturated rings. The lowest BCUT2D eigenvalue weighted by molar-refractivity contribution is 0.578. The van der Waals surface area contributed by atoms with Gasteiger partial charge in [-0.15, -0.1) is 0 Å². The van der Waals surface area contributed by atoms with E-state index in [2.05, 4.69) is 10.3 Å². The molecule has 0 radical (unpaired) electrons. The van der Waals surface area contributed by atoms with Crippen LogP contribution in [0.25, 0.3) is 5.69 Å². The summed E-state index contributed by atoms with van der Waals surface area (Å²) in [6.07, 6.45) is 3.08. The highest BCUT2D eigenvalue weighted by Gasteiger charge is 2.12. The van der Waals surface area contributed by atoms with E-state index in [-0.39, 0.29) is 10.7 Å². The van der Waals surface area contributed by atoms with Crippen molar-refractivity contribution in [1.29, 1.82) is 0 Å². The molecule has 1 heterocycles. The fraction of sp³-hybridized carbons (Fsp3) is 0.182. The van der Waals surface area contributed by atoms with Crippen molar-refractivity contribution in [3.05, 3.63) is 47.0 Å². The van der Waals surface area contributed by atoms with Crippen LogP contribution in [0, 0.1) is 11.6 Å². The van der Waals surface area contributed by atoms with Gasteiger partial charge in [0.25, 0.3) is 0 Å². The molecule has 1 aromatic carbocycles. The van der Waals surface area contributed by atoms with E-state index in [1.54, 1.807) is 13.2 Å². The summed E-state index contributed by atoms with van der Waals surface area (Å²) in [5.74, 6) is -1.42. The molecule has 0 amide bonds. The van der Waals surface area contributed by atoms with Gasteiger partial charge in [0, 0.05) is 18.8 Å². The minimum absolute atomic E-state index is 0.0101. The molecule has 0 bridgehead atoms. The first kappa shape index (κ1) is 12.0. The van der Waals surface area contributed by atoms with Crippen LogP contribution in [0.1, 0.15) is 5.69 Å². The molecule has 0 aliphatic carbocycles. The number of nitrogens with zero attached hydrogens (tertiary/aromatic N) is 2. The first-order chi connectivity index (χ1) is 8.11. The summed E-state index contributed by atoms with van der Waals surface area (Å²) < 4.78 is 27.9. The van der Waals surface area contributed by atoms with Crippen LogP contribution in [0.15, 0.2) is 24.7 Å². The van der Waals surface area contributed by atoms with Crippen LogP contribution in [-0.2, 0) is 6.54 Å². The molecule has 3 nitrogen and oxygen atoms in total. The van der Waals surface area contributed by atoms with Gasteiger partial charge in [0.1, 0.15) is 11.5 Å². The van der Waals surface area contributed by atoms with Crippen molar-refractivity contribution in [1.82, 2.24) is 14.9 Å². The molecular formula is C11H10ClF2N3. The maximum Gasteiger partial charge on any atom is 0.151 e. The number of nitrogens with one attached hydrogen (secondary N) is 1. The van der Waals surface area contributed by atoms with Gasteiger partial charge in [-0.05, 0) is 13.1 Å². The van der Waals surface area contributed by atoms with Gasteiger partial charge in [-0.25, -0.2) is 13.8 Å². The van der Waals surface area contributed by atoms with E-state index in [0.29, 0.717) is 6.54 Å². The Balaban J connectivity index is 2.45. The minimum Gasteiger partial charge on any atom is -0.314 e. The Morgan fingerprint density at radius 1 is 1.41 bits per heavy atom. The van der Waals surface area contributed by atoms with E-state index in [9.17, 15) is 8.78 Å². The Bertz CT molecular complexity index is 516. The predicted molar refractivity (Wildman–Crippen MR) is 61.3 cm³/mol. The number of imidazole rings is 1. The zero-order valence-electron chi connectivity index (χ0n) is 9.04. The monoisotopic (exact) mass is 257 g/mol. The van der Waals surface area contributed by atoms with Crippen molar-refractivity contribution in [2.45, 2.75) is 6.54 Å². The van der Waals surface area contributed by atoms with Crippen molar-refractivity contribution in [2.75, 3.05) is 7.05 Å². The van der Waals surface area contributed by atoms with Crippen molar-refractivity contribution < 1.29 is 8.78 Å². The maximum atomic E-state index is 13.6. The molecule has 0 aliphatic rings. The van der Waals surface area contributed by atoms with Gasteiger partial charge in [0.2, 0.25) is 0 Å². The fourth-order valence-corrected chi connectivity index (χ4v) is 1.83. The van der Waals surface area contributed by atoms with Crippen molar-refractivity contribution in [3.8, 4) is 5.69 Å². The minimum atomic E-state index is -0.719. The zero-order valence-corrected chi connectivity index (χ0v) is 9.80. The summed E-state index contributed by atoms with van der Waals surface area (Å²) >= 11 is 5.81. The lowest BCUT2D eigenvalue weighted by Gasteiger charge is -2.06. The lowest BCUT2D eigenvalue weighted by atomic mass is 10.3. The molecule has 0 aliphatic heterocycles. The molecule has 1 N–H and O–H groups in total. The molecule has 0 unspecified atom stereocenters. The van der Waals surface area contributed by atoms with Gasteiger partial charge in [-0.3, -0.25) is 0 Å². The highest BCUT2D eigenvalue weighted by Crippen LogP contribution is 2.25. The molecule has 0 saturated heterocycles. The number of halogens is 3. The predicted octanol–water partition coefficient (Wildman–Crippen LogP) is 2.52. The number of benzene rings is 1. The molecule has 6 heteroatoms. The third-order valence-corrected chi connectivity index (χ3v) is 2.52. The smallest absolute Gasteiger partial charge is 0.151 e. The van der Waals surface area contributed by atoms with E-state index < -0.39 is 11.6 Å². The molecule has 0 spiro atoms. The third-order valence-electron chi connectivity index (χ3n) is 2.23. The summed E-state index contributed by atoms with van der Waals surface area (Å²) in [6.45, 7) is 0.563. The second kappa shape index (κ2) is 4.81. The Labute approximate surface area is 102 Å². The molecule has 2 rings (SSSR count). The summed E-state index contributed by atoms with van der Waals surface area (Å²) in [7, 11) is 1.78. The van der Waals surface area contributed by atoms with Gasteiger partial charge in [-0.1, -0.05) is 11.6 Å². The fourth-order valence-electron chi connectivity index (χ4n) is 1.54. The third kappa shape index (κ3) is 2.45. The van der Waals surface area contributed by atoms with Crippen molar-refractivity contribution >= 4 is 11.6 Å². The van der Waals surface area contributed by atoms with E-state index in [1.807, 2.05) is 0 Å². The first-order valence-electron chi connectivity index (χ1n) is 4.94. The molecular weight excluding hydrogens is 248 g/mol. The number of hydrogen-bond donors (Lipinski definition) is 1. The van der Waals surface area contributed by atoms with Crippen LogP contribution >= 0.6 is 11.6 Å². The van der Waals surface area contributed by atoms with E-state index >= 15 is 0 Å². The molecule has 0 saturated carbocycles. The quantitative estimate of drug-likeness (QED) is 0.916. The largest absolute Gasteiger partial charge is 0.314 e. The Hall–Kier alpha value is -1.46. The first-order valence-corrected chi connectivity index (χ1v) is 5.32. The van der Waals surface area contributed by atoms with E-state index in [1.165, 1.54) is 10.9 Å². The lowest BCUT2D eigenvalue weighted by Crippen LogP contribution is -2.05. The van der Waals surface area contributed by atoms with Gasteiger partial charge in [0.15, 0.2) is 5.82 Å². The van der Waals surface area contributed by atoms with E-state index in [4.69, 9.17) is 11.6 Å². The molecule has 90 valence electrons. The normalized spacial score (nSPS) is 10.8. The molecule has 0 atom stereocenters. The Kier molecular flexibility index (Phi) is 3.40. The Morgan fingerprint density at radius 3 is 2.82 bits per heavy atom. The van der Waals surface area contributed by atoms with Crippen LogP contribution in [0.5, 0.6) is 0 Å². The van der Waals surface area contributed by atoms with Gasteiger partial charge in [0.05, 0.1) is 17.0 Å². The number of rotatable bonds is 3. The molecule has 2 aromatic rings. The zero-order chi connectivity index (χ0) is 12.4. The topological polar surface area (TPSA) is 29.9 Å². The highest BCUT2D eigenvalue weighted by atomic mass is 35.5. The molecule has 1 aromatic heterocycles. The highest BCUT2D eigenvalue weighted by molar-refractivity contribution is 6.32. The van der Waals surface area contributed by atoms with Crippen LogP contribution in [-0.4, -0.2) is 16.6 Å². The standard InChI is InChI=1S/C11H10ClF2N3/c1-15-4-8-5-17(6-16-8)11-9(12)2-7(13)3-10(11)14/h2-3,5-6,15H,4H2,1H3. The SMILES string of the molecule is CNCc1cn(-c2c(F)cc(F)cc2Cl)cn1. The van der Waals surface area contributed by atoms with Crippen molar-refractivity contribution in [2.24, 2.45) is 0 Å². The second-order valence-electron chi connectivity index (χ2n) is 3.52. The van der Waals surface area contributed by atoms with Gasteiger partial charge in [-0.2, -0.15) is 0 Å². The van der Waals surface area contributed by atoms with Crippen LogP contribution in [0.4, 0.5) is 8.78 Å². The average Bonchev–Trinajstić information content (AvgIpc) is 2.65. The van der Waals surface area contributed by atoms with Crippen LogP contribution in [0.2, 0.25) is 5.02 Å². The summed E-state index contributed by atoms with van der Waals surface area (Å²) in [4.78, 5) is 4.07. The van der Waals surface area contributed by atoms with Crippen LogP contribution < -0.4 is 5.32 Å². The number of hydrogen-bond acceptors (Lipinski definition) is 2. The van der Waals surface area contributed by atoms with Gasteiger partial charge >= 0.3 is 0 Å². The maximum absolute atomic E-state index is 13.6. The van der Waals surface area contributed by atoms with Crippen molar-refractivity contribution in [3.63, 3.8) is 0 Å². The Morgan fingerprint density at radius 2 is 2.18 bits per heavy atom. The number of aromatic nitrogens is 2. The van der Waals surface area contributed by atoms with E-state index in [0.717, 1.165) is 17.8 Å². The average molecular weight is 258 g/mol. The van der Waals surface area contributed by atoms with Gasteiger partial charge < -0.3 is 9.88 Å². The van der Waals surface area contributed by atoms with Crippen LogP contribution in [0.3, 0.4) is 0 Å². The summed E-state index contributed by atoms with van der Waals surface area (Å²) in [6, 6.07) is 1.86. The molecule has 17 heavy (non-hydrogen) atoms. The second-order valence-corrected chi connectivity index (χ2v) is 3.93.